The second kappa shape index (κ2) is 10.9. The number of amides is 1. The summed E-state index contributed by atoms with van der Waals surface area (Å²) < 4.78 is 11.5. The molecule has 2 aromatic heterocycles. The van der Waals surface area contributed by atoms with E-state index in [1.807, 2.05) is 31.5 Å². The van der Waals surface area contributed by atoms with Crippen molar-refractivity contribution in [1.29, 1.82) is 0 Å². The highest BCUT2D eigenvalue weighted by molar-refractivity contribution is 5.91. The molecule has 0 saturated carbocycles. The summed E-state index contributed by atoms with van der Waals surface area (Å²) in [6.07, 6.45) is 8.47. The van der Waals surface area contributed by atoms with E-state index in [9.17, 15) is 4.79 Å². The number of allylic oxidation sites excluding steroid dienone is 2. The van der Waals surface area contributed by atoms with E-state index in [4.69, 9.17) is 9.47 Å². The van der Waals surface area contributed by atoms with Gasteiger partial charge in [-0.1, -0.05) is 30.3 Å². The Balaban J connectivity index is 1.49. The maximum Gasteiger partial charge on any atom is 0.248 e. The Hall–Kier alpha value is -3.69. The summed E-state index contributed by atoms with van der Waals surface area (Å²) in [5.41, 5.74) is 4.10. The summed E-state index contributed by atoms with van der Waals surface area (Å²) in [6, 6.07) is 10.4. The molecular weight excluding hydrogens is 456 g/mol. The minimum atomic E-state index is -0.350. The number of anilines is 1. The molecule has 0 fully saturated rings. The van der Waals surface area contributed by atoms with Crippen LogP contribution >= 0.6 is 0 Å². The lowest BCUT2D eigenvalue weighted by Gasteiger charge is -2.27. The monoisotopic (exact) mass is 488 g/mol. The lowest BCUT2D eigenvalue weighted by Crippen LogP contribution is -2.35. The van der Waals surface area contributed by atoms with Crippen LogP contribution in [0.1, 0.15) is 24.0 Å². The second-order valence-corrected chi connectivity index (χ2v) is 9.22. The summed E-state index contributed by atoms with van der Waals surface area (Å²) in [4.78, 5) is 29.3. The average Bonchev–Trinajstić information content (AvgIpc) is 3.31. The van der Waals surface area contributed by atoms with Crippen LogP contribution in [0.3, 0.4) is 0 Å². The molecule has 1 unspecified atom stereocenters. The zero-order valence-corrected chi connectivity index (χ0v) is 20.7. The van der Waals surface area contributed by atoms with Crippen molar-refractivity contribution < 1.29 is 14.3 Å². The van der Waals surface area contributed by atoms with E-state index in [1.54, 1.807) is 18.3 Å². The molecule has 1 aromatic carbocycles. The number of likely N-dealkylation sites (N-methyl/N-ethyl adjacent to an activating group) is 1. The standard InChI is InChI=1S/C27H32N6O3/c1-32-11-6-12-33(15-19-7-4-3-5-8-19)16-20-14-28-26-25(20)27(30-18-29-26)31-21-9-10-22(35-2)23(13-21)36-17-24(32)34/h3-5,7-10,14,18,23H,6,11-13,15-17H2,1-2H3,(H2,28,29,30,31). The highest BCUT2D eigenvalue weighted by Crippen LogP contribution is 2.29. The molecule has 188 valence electrons. The summed E-state index contributed by atoms with van der Waals surface area (Å²) in [7, 11) is 3.45. The lowest BCUT2D eigenvalue weighted by molar-refractivity contribution is -0.136. The van der Waals surface area contributed by atoms with Crippen LogP contribution in [0.15, 0.2) is 66.5 Å². The molecule has 2 aliphatic rings. The molecule has 0 radical (unpaired) electrons. The van der Waals surface area contributed by atoms with Crippen molar-refractivity contribution in [3.05, 3.63) is 77.6 Å². The highest BCUT2D eigenvalue weighted by atomic mass is 16.5. The van der Waals surface area contributed by atoms with Crippen molar-refractivity contribution in [2.45, 2.75) is 32.0 Å². The number of rotatable bonds is 3. The molecule has 0 saturated heterocycles. The first-order valence-electron chi connectivity index (χ1n) is 12.3. The van der Waals surface area contributed by atoms with Crippen molar-refractivity contribution in [1.82, 2.24) is 24.8 Å². The van der Waals surface area contributed by atoms with Gasteiger partial charge in [0.2, 0.25) is 5.91 Å². The molecule has 0 spiro atoms. The Morgan fingerprint density at radius 2 is 2.03 bits per heavy atom. The highest BCUT2D eigenvalue weighted by Gasteiger charge is 2.25. The van der Waals surface area contributed by atoms with Crippen LogP contribution in [0.4, 0.5) is 5.82 Å². The van der Waals surface area contributed by atoms with Crippen molar-refractivity contribution in [3.63, 3.8) is 0 Å². The van der Waals surface area contributed by atoms with Gasteiger partial charge in [0, 0.05) is 51.5 Å². The molecule has 9 nitrogen and oxygen atoms in total. The second-order valence-electron chi connectivity index (χ2n) is 9.22. The number of fused-ring (bicyclic) bond motifs is 2. The van der Waals surface area contributed by atoms with Gasteiger partial charge in [-0.05, 0) is 29.7 Å². The molecule has 1 aliphatic heterocycles. The van der Waals surface area contributed by atoms with Crippen LogP contribution in [0.25, 0.3) is 11.0 Å². The minimum absolute atomic E-state index is 0.00257. The van der Waals surface area contributed by atoms with E-state index < -0.39 is 0 Å². The fraction of sp³-hybridized carbons (Fsp3) is 0.370. The quantitative estimate of drug-likeness (QED) is 0.583. The fourth-order valence-electron chi connectivity index (χ4n) is 4.72. The fourth-order valence-corrected chi connectivity index (χ4v) is 4.72. The normalized spacial score (nSPS) is 20.0. The lowest BCUT2D eigenvalue weighted by atomic mass is 10.1. The number of H-pyrrole nitrogens is 1. The summed E-state index contributed by atoms with van der Waals surface area (Å²) in [6.45, 7) is 3.03. The Morgan fingerprint density at radius 3 is 2.86 bits per heavy atom. The first-order valence-corrected chi connectivity index (χ1v) is 12.3. The van der Waals surface area contributed by atoms with Gasteiger partial charge in [-0.25, -0.2) is 9.97 Å². The van der Waals surface area contributed by atoms with Gasteiger partial charge in [0.05, 0.1) is 12.5 Å². The number of nitrogens with zero attached hydrogens (tertiary/aromatic N) is 4. The number of hydrogen-bond acceptors (Lipinski definition) is 7. The number of nitrogens with one attached hydrogen (secondary N) is 2. The minimum Gasteiger partial charge on any atom is -0.498 e. The van der Waals surface area contributed by atoms with Crippen LogP contribution in [-0.2, 0) is 27.4 Å². The van der Waals surface area contributed by atoms with E-state index in [1.165, 1.54) is 5.56 Å². The average molecular weight is 489 g/mol. The van der Waals surface area contributed by atoms with Gasteiger partial charge in [-0.3, -0.25) is 9.69 Å². The number of ether oxygens (including phenoxy) is 2. The first kappa shape index (κ1) is 24.0. The van der Waals surface area contributed by atoms with E-state index in [0.717, 1.165) is 54.2 Å². The summed E-state index contributed by atoms with van der Waals surface area (Å²) in [5.74, 6) is 1.41. The number of carbonyl (C=O) groups excluding carboxylic acids is 1. The third-order valence-corrected chi connectivity index (χ3v) is 6.68. The largest absolute Gasteiger partial charge is 0.498 e. The smallest absolute Gasteiger partial charge is 0.248 e. The third kappa shape index (κ3) is 5.42. The molecule has 2 bridgehead atoms. The number of hydrogen-bond donors (Lipinski definition) is 2. The van der Waals surface area contributed by atoms with Crippen molar-refractivity contribution in [2.24, 2.45) is 0 Å². The van der Waals surface area contributed by atoms with E-state index in [2.05, 4.69) is 49.4 Å². The maximum atomic E-state index is 12.8. The van der Waals surface area contributed by atoms with Crippen LogP contribution < -0.4 is 5.32 Å². The van der Waals surface area contributed by atoms with Crippen molar-refractivity contribution in [3.8, 4) is 0 Å². The van der Waals surface area contributed by atoms with E-state index in [0.29, 0.717) is 18.7 Å². The molecular formula is C27H32N6O3. The van der Waals surface area contributed by atoms with Gasteiger partial charge in [0.25, 0.3) is 0 Å². The number of carbonyl (C=O) groups is 1. The molecule has 3 heterocycles. The van der Waals surface area contributed by atoms with E-state index >= 15 is 0 Å². The Bertz CT molecular complexity index is 1270. The maximum absolute atomic E-state index is 12.8. The van der Waals surface area contributed by atoms with Gasteiger partial charge < -0.3 is 24.7 Å². The molecule has 3 aromatic rings. The van der Waals surface area contributed by atoms with Crippen LogP contribution in [-0.4, -0.2) is 70.6 Å². The number of aromatic amines is 1. The molecule has 2 N–H and O–H groups in total. The molecule has 1 aliphatic carbocycles. The molecule has 9 heteroatoms. The Morgan fingerprint density at radius 1 is 1.17 bits per heavy atom. The summed E-state index contributed by atoms with van der Waals surface area (Å²) >= 11 is 0. The van der Waals surface area contributed by atoms with Gasteiger partial charge in [0.1, 0.15) is 36.3 Å². The zero-order chi connectivity index (χ0) is 24.9. The summed E-state index contributed by atoms with van der Waals surface area (Å²) in [5, 5.41) is 4.47. The topological polar surface area (TPSA) is 95.6 Å². The van der Waals surface area contributed by atoms with Gasteiger partial charge in [-0.15, -0.1) is 0 Å². The zero-order valence-electron chi connectivity index (χ0n) is 20.7. The number of methoxy groups -OCH3 is 1. The molecule has 1 atom stereocenters. The van der Waals surface area contributed by atoms with Gasteiger partial charge in [0.15, 0.2) is 0 Å². The predicted molar refractivity (Wildman–Crippen MR) is 138 cm³/mol. The molecule has 5 rings (SSSR count). The predicted octanol–water partition coefficient (Wildman–Crippen LogP) is 3.44. The molecule has 1 amide bonds. The Labute approximate surface area is 210 Å². The first-order chi connectivity index (χ1) is 17.6. The van der Waals surface area contributed by atoms with Crippen LogP contribution in [0.2, 0.25) is 0 Å². The SMILES string of the molecule is COC1=CC=C2CC1OCC(=O)N(C)CCCN(Cc1ccccc1)Cc1c[nH]c3ncnc(c13)N2. The Kier molecular flexibility index (Phi) is 7.29. The number of benzene rings is 1. The van der Waals surface area contributed by atoms with Crippen LogP contribution in [0.5, 0.6) is 0 Å². The van der Waals surface area contributed by atoms with Crippen LogP contribution in [0, 0.1) is 0 Å². The van der Waals surface area contributed by atoms with Crippen molar-refractivity contribution >= 4 is 22.8 Å². The van der Waals surface area contributed by atoms with Crippen molar-refractivity contribution in [2.75, 3.05) is 39.2 Å². The van der Waals surface area contributed by atoms with E-state index in [-0.39, 0.29) is 18.6 Å². The third-order valence-electron chi connectivity index (χ3n) is 6.68. The van der Waals surface area contributed by atoms with Gasteiger partial charge >= 0.3 is 0 Å². The number of aromatic nitrogens is 3. The van der Waals surface area contributed by atoms with Gasteiger partial charge in [-0.2, -0.15) is 0 Å². The molecule has 36 heavy (non-hydrogen) atoms.